The molecule has 0 saturated carbocycles. The first-order chi connectivity index (χ1) is 22.1. The van der Waals surface area contributed by atoms with E-state index in [0.29, 0.717) is 0 Å². The zero-order valence-corrected chi connectivity index (χ0v) is 29.6. The molecule has 0 amide bonds. The van der Waals surface area contributed by atoms with Gasteiger partial charge in [-0.3, -0.25) is 0 Å². The quantitative estimate of drug-likeness (QED) is 0.0690. The molecule has 0 unspecified atom stereocenters. The van der Waals surface area contributed by atoms with Crippen LogP contribution in [0.5, 0.6) is 69.0 Å². The molecule has 0 spiro atoms. The summed E-state index contributed by atoms with van der Waals surface area (Å²) < 4.78 is 0. The van der Waals surface area contributed by atoms with Crippen LogP contribution in [-0.2, 0) is 0 Å². The van der Waals surface area contributed by atoms with Gasteiger partial charge in [-0.1, -0.05) is 0 Å². The molecule has 12 N–H and O–H groups in total. The van der Waals surface area contributed by atoms with E-state index < -0.39 is 115 Å². The molecule has 22 heteroatoms. The number of benzene rings is 4. The molecule has 0 bridgehead atoms. The molecule has 4 rings (SSSR count). The minimum atomic E-state index is -1.54. The summed E-state index contributed by atoms with van der Waals surface area (Å²) in [5.74, 6) is -14.8. The number of phenols is 12. The first-order valence-corrected chi connectivity index (χ1v) is 11.9. The molecular weight excluding hydrogens is 768 g/mol. The van der Waals surface area contributed by atoms with Crippen molar-refractivity contribution in [2.45, 2.75) is 0 Å². The van der Waals surface area contributed by atoms with Crippen molar-refractivity contribution in [3.05, 3.63) is 70.8 Å². The van der Waals surface area contributed by atoms with E-state index in [2.05, 4.69) is 0 Å². The molecule has 4 aromatic rings. The van der Waals surface area contributed by atoms with Crippen LogP contribution in [0, 0.1) is 0 Å². The summed E-state index contributed by atoms with van der Waals surface area (Å²) in [6, 6.07) is 6.26. The maximum atomic E-state index is 10.2. The zero-order valence-electron chi connectivity index (χ0n) is 24.7. The minimum absolute atomic E-state index is 0. The fraction of sp³-hybridized carbons (Fsp3) is 0. The van der Waals surface area contributed by atoms with Crippen molar-refractivity contribution >= 4 is 92.4 Å². The van der Waals surface area contributed by atoms with Crippen LogP contribution in [0.25, 0.3) is 0 Å². The van der Waals surface area contributed by atoms with E-state index in [4.69, 9.17) is 61.3 Å². The van der Waals surface area contributed by atoms with Crippen LogP contribution in [0.1, 0.15) is 41.4 Å². The zero-order chi connectivity index (χ0) is 37.2. The Hall–Kier alpha value is -5.39. The molecule has 0 aromatic heterocycles. The van der Waals surface area contributed by atoms with Gasteiger partial charge in [0, 0.05) is 22.3 Å². The summed E-state index contributed by atoms with van der Waals surface area (Å²) in [7, 11) is 0. The third kappa shape index (κ3) is 13.3. The molecular formula is C28H20MgO20Sr. The molecule has 0 saturated heterocycles. The van der Waals surface area contributed by atoms with Crippen LogP contribution in [0.2, 0.25) is 0 Å². The molecule has 20 nitrogen and oxygen atoms in total. The number of aromatic hydroxyl groups is 12. The number of hydrogen-bond acceptors (Lipinski definition) is 20. The predicted octanol–water partition coefficient (Wildman–Crippen LogP) is -4.09. The standard InChI is InChI=1S/4C7H6O5.Mg.Sr/c4*8-4-1-3(7(11)12)2-5(9)6(4)10;;/h4*1-2,8-10H,(H,11,12);;/q;;;;2*+2/p-4. The van der Waals surface area contributed by atoms with Crippen LogP contribution in [0.4, 0.5) is 0 Å². The Bertz CT molecular complexity index is 1510. The van der Waals surface area contributed by atoms with Gasteiger partial charge in [0.25, 0.3) is 0 Å². The smallest absolute Gasteiger partial charge is 0.545 e. The molecule has 0 fully saturated rings. The van der Waals surface area contributed by atoms with Gasteiger partial charge in [-0.05, 0) is 48.5 Å². The van der Waals surface area contributed by atoms with E-state index in [-0.39, 0.29) is 68.5 Å². The van der Waals surface area contributed by atoms with Crippen molar-refractivity contribution < 1.29 is 101 Å². The maximum absolute atomic E-state index is 10.2. The number of aromatic carboxylic acids is 4. The van der Waals surface area contributed by atoms with Crippen LogP contribution in [0.3, 0.4) is 0 Å². The Labute approximate surface area is 330 Å². The summed E-state index contributed by atoms with van der Waals surface area (Å²) in [4.78, 5) is 40.8. The van der Waals surface area contributed by atoms with Crippen LogP contribution >= 0.6 is 0 Å². The normalized spacial score (nSPS) is 9.28. The van der Waals surface area contributed by atoms with Gasteiger partial charge in [-0.2, -0.15) is 0 Å². The van der Waals surface area contributed by atoms with Crippen molar-refractivity contribution in [1.82, 2.24) is 0 Å². The van der Waals surface area contributed by atoms with Gasteiger partial charge in [0.05, 0.1) is 23.9 Å². The number of rotatable bonds is 4. The van der Waals surface area contributed by atoms with Gasteiger partial charge in [0.1, 0.15) is 0 Å². The average Bonchev–Trinajstić information content (AvgIpc) is 2.99. The van der Waals surface area contributed by atoms with E-state index in [1.54, 1.807) is 0 Å². The molecule has 0 aliphatic rings. The summed E-state index contributed by atoms with van der Waals surface area (Å²) in [6.07, 6.45) is 0. The second-order valence-corrected chi connectivity index (χ2v) is 8.60. The average molecular weight is 788 g/mol. The van der Waals surface area contributed by atoms with Crippen LogP contribution < -0.4 is 20.4 Å². The SMILES string of the molecule is O=C([O-])c1cc(O)c(O)c(O)c1.O=C([O-])c1cc(O)c(O)c(O)c1.O=C([O-])c1cc(O)c(O)c(O)c1.O=C([O-])c1cc(O)c(O)c(O)c1.[Mg+2].[Sr+2]. The van der Waals surface area contributed by atoms with Crippen molar-refractivity contribution in [1.29, 1.82) is 0 Å². The van der Waals surface area contributed by atoms with E-state index in [9.17, 15) is 39.6 Å². The van der Waals surface area contributed by atoms with Crippen molar-refractivity contribution in [3.8, 4) is 69.0 Å². The Kier molecular flexibility index (Phi) is 18.9. The summed E-state index contributed by atoms with van der Waals surface area (Å²) >= 11 is 0. The van der Waals surface area contributed by atoms with Crippen molar-refractivity contribution in [2.24, 2.45) is 0 Å². The van der Waals surface area contributed by atoms with Gasteiger partial charge in [0.15, 0.2) is 69.0 Å². The van der Waals surface area contributed by atoms with Crippen molar-refractivity contribution in [3.63, 3.8) is 0 Å². The van der Waals surface area contributed by atoms with E-state index in [1.165, 1.54) is 0 Å². The first kappa shape index (κ1) is 46.7. The fourth-order valence-corrected chi connectivity index (χ4v) is 2.89. The monoisotopic (exact) mass is 788 g/mol. The second kappa shape index (κ2) is 20.2. The minimum Gasteiger partial charge on any atom is -0.545 e. The summed E-state index contributed by atoms with van der Waals surface area (Å²) in [5.41, 5.74) is -1.60. The van der Waals surface area contributed by atoms with Gasteiger partial charge >= 0.3 is 68.5 Å². The van der Waals surface area contributed by atoms with Gasteiger partial charge in [0.2, 0.25) is 0 Å². The van der Waals surface area contributed by atoms with Gasteiger partial charge < -0.3 is 101 Å². The largest absolute Gasteiger partial charge is 2.00 e. The second-order valence-electron chi connectivity index (χ2n) is 8.60. The van der Waals surface area contributed by atoms with Gasteiger partial charge in [-0.15, -0.1) is 0 Å². The van der Waals surface area contributed by atoms with E-state index in [1.807, 2.05) is 0 Å². The molecule has 256 valence electrons. The topological polar surface area (TPSA) is 403 Å². The summed E-state index contributed by atoms with van der Waals surface area (Å²) in [5, 5.41) is 147. The number of carbonyl (C=O) groups is 4. The van der Waals surface area contributed by atoms with E-state index >= 15 is 0 Å². The van der Waals surface area contributed by atoms with Gasteiger partial charge in [-0.25, -0.2) is 0 Å². The number of phenolic OH excluding ortho intramolecular Hbond substituents is 12. The Morgan fingerprint density at radius 2 is 0.420 bits per heavy atom. The molecule has 50 heavy (non-hydrogen) atoms. The third-order valence-corrected chi connectivity index (χ3v) is 5.22. The predicted molar refractivity (Wildman–Crippen MR) is 155 cm³/mol. The number of carboxylic acids is 4. The molecule has 0 radical (unpaired) electrons. The first-order valence-electron chi connectivity index (χ1n) is 11.9. The number of hydrogen-bond donors (Lipinski definition) is 12. The molecule has 0 heterocycles. The molecule has 4 aromatic carbocycles. The fourth-order valence-electron chi connectivity index (χ4n) is 2.89. The molecule has 0 atom stereocenters. The Balaban J connectivity index is 0. The Morgan fingerprint density at radius 1 is 0.320 bits per heavy atom. The number of carbonyl (C=O) groups excluding carboxylic acids is 4. The summed E-state index contributed by atoms with van der Waals surface area (Å²) in [6.45, 7) is 0. The third-order valence-electron chi connectivity index (χ3n) is 5.22. The molecule has 0 aliphatic heterocycles. The number of carboxylic acid groups (broad SMARTS) is 4. The molecule has 0 aliphatic carbocycles. The van der Waals surface area contributed by atoms with Crippen LogP contribution in [-0.4, -0.2) is 154 Å². The van der Waals surface area contributed by atoms with Crippen molar-refractivity contribution in [2.75, 3.05) is 0 Å². The van der Waals surface area contributed by atoms with Crippen LogP contribution in [0.15, 0.2) is 48.5 Å². The maximum Gasteiger partial charge on any atom is 2.00 e. The van der Waals surface area contributed by atoms with E-state index in [0.717, 1.165) is 48.5 Å². The Morgan fingerprint density at radius 3 is 0.500 bits per heavy atom.